The van der Waals surface area contributed by atoms with Crippen LogP contribution in [-0.2, 0) is 0 Å². The van der Waals surface area contributed by atoms with E-state index in [1.807, 2.05) is 0 Å². The van der Waals surface area contributed by atoms with Gasteiger partial charge in [0, 0.05) is 5.56 Å². The van der Waals surface area contributed by atoms with Gasteiger partial charge in [0.05, 0.1) is 10.5 Å². The number of hydrogen-bond acceptors (Lipinski definition) is 2. The minimum absolute atomic E-state index is 0.107. The highest BCUT2D eigenvalue weighted by Crippen LogP contribution is 2.36. The summed E-state index contributed by atoms with van der Waals surface area (Å²) in [5.41, 5.74) is 0.622. The lowest BCUT2D eigenvalue weighted by molar-refractivity contribution is 0.0723. The van der Waals surface area contributed by atoms with Crippen molar-refractivity contribution < 1.29 is 19.1 Å². The molecule has 0 saturated carbocycles. The van der Waals surface area contributed by atoms with Gasteiger partial charge in [-0.1, -0.05) is 0 Å². The molecule has 0 bridgehead atoms. The van der Waals surface area contributed by atoms with Crippen molar-refractivity contribution >= 4 is 27.9 Å². The predicted molar refractivity (Wildman–Crippen MR) is 56.7 cm³/mol. The number of carboxylic acid groups (broad SMARTS) is 1. The first-order chi connectivity index (χ1) is 7.43. The van der Waals surface area contributed by atoms with Crippen LogP contribution >= 0.6 is 15.9 Å². The topological polar surface area (TPSA) is 57.6 Å². The number of nitrogens with zero attached hydrogens (tertiary/aromatic N) is 1. The molecule has 0 saturated heterocycles. The Morgan fingerprint density at radius 2 is 2.19 bits per heavy atom. The summed E-state index contributed by atoms with van der Waals surface area (Å²) in [6.07, 6.45) is -1.33. The lowest BCUT2D eigenvalue weighted by Gasteiger charge is -2.15. The van der Waals surface area contributed by atoms with Crippen molar-refractivity contribution in [3.63, 3.8) is 0 Å². The van der Waals surface area contributed by atoms with Crippen LogP contribution in [0.3, 0.4) is 0 Å². The van der Waals surface area contributed by atoms with Gasteiger partial charge < -0.3 is 5.11 Å². The number of fused-ring (bicyclic) bond motifs is 1. The molecule has 1 aliphatic heterocycles. The van der Waals surface area contributed by atoms with Gasteiger partial charge in [-0.15, -0.1) is 0 Å². The molecule has 1 heterocycles. The Morgan fingerprint density at radius 3 is 2.75 bits per heavy atom. The van der Waals surface area contributed by atoms with Crippen LogP contribution < -0.4 is 0 Å². The fraction of sp³-hybridized carbons (Fsp3) is 0.200. The number of carbonyl (C=O) groups excluding carboxylic acids is 1. The second-order valence-electron chi connectivity index (χ2n) is 3.49. The zero-order valence-corrected chi connectivity index (χ0v) is 9.78. The first-order valence-electron chi connectivity index (χ1n) is 4.49. The molecular weight excluding hydrogens is 281 g/mol. The molecule has 0 spiro atoms. The molecule has 1 aromatic rings. The third-order valence-corrected chi connectivity index (χ3v) is 3.19. The Labute approximate surface area is 98.8 Å². The number of carbonyl (C=O) groups is 2. The first-order valence-corrected chi connectivity index (χ1v) is 5.28. The molecule has 0 aromatic heterocycles. The monoisotopic (exact) mass is 287 g/mol. The van der Waals surface area contributed by atoms with Gasteiger partial charge in [0.25, 0.3) is 5.91 Å². The molecule has 1 unspecified atom stereocenters. The van der Waals surface area contributed by atoms with Crippen LogP contribution in [0, 0.1) is 5.82 Å². The highest BCUT2D eigenvalue weighted by atomic mass is 79.9. The molecule has 1 atom stereocenters. The molecule has 2 amide bonds. The largest absolute Gasteiger partial charge is 0.465 e. The van der Waals surface area contributed by atoms with E-state index in [2.05, 4.69) is 15.9 Å². The van der Waals surface area contributed by atoms with E-state index in [-0.39, 0.29) is 10.0 Å². The van der Waals surface area contributed by atoms with E-state index in [4.69, 9.17) is 5.11 Å². The SMILES string of the molecule is CC1c2cc(Br)c(F)cc2C(=O)N1C(=O)O. The number of benzene rings is 1. The van der Waals surface area contributed by atoms with Gasteiger partial charge in [-0.25, -0.2) is 14.1 Å². The average molecular weight is 288 g/mol. The van der Waals surface area contributed by atoms with Crippen molar-refractivity contribution in [2.75, 3.05) is 0 Å². The molecule has 6 heteroatoms. The Kier molecular flexibility index (Phi) is 2.46. The van der Waals surface area contributed by atoms with Crippen molar-refractivity contribution in [3.8, 4) is 0 Å². The molecule has 0 aliphatic carbocycles. The van der Waals surface area contributed by atoms with E-state index in [1.165, 1.54) is 6.07 Å². The van der Waals surface area contributed by atoms with Gasteiger partial charge >= 0.3 is 6.09 Å². The second-order valence-corrected chi connectivity index (χ2v) is 4.34. The fourth-order valence-corrected chi connectivity index (χ4v) is 2.15. The van der Waals surface area contributed by atoms with Gasteiger partial charge in [0.1, 0.15) is 5.82 Å². The van der Waals surface area contributed by atoms with Crippen molar-refractivity contribution in [2.45, 2.75) is 13.0 Å². The number of rotatable bonds is 0. The quantitative estimate of drug-likeness (QED) is 0.798. The molecule has 2 rings (SSSR count). The Hall–Kier alpha value is -1.43. The van der Waals surface area contributed by atoms with Gasteiger partial charge in [0.2, 0.25) is 0 Å². The maximum atomic E-state index is 13.2. The number of hydrogen-bond donors (Lipinski definition) is 1. The number of amides is 2. The minimum atomic E-state index is -1.33. The third-order valence-electron chi connectivity index (χ3n) is 2.59. The lowest BCUT2D eigenvalue weighted by atomic mass is 10.1. The van der Waals surface area contributed by atoms with Gasteiger partial charge in [-0.3, -0.25) is 4.79 Å². The molecule has 0 fully saturated rings. The summed E-state index contributed by atoms with van der Waals surface area (Å²) in [5.74, 6) is -1.26. The summed E-state index contributed by atoms with van der Waals surface area (Å²) < 4.78 is 13.5. The molecule has 1 aromatic carbocycles. The van der Waals surface area contributed by atoms with E-state index in [1.54, 1.807) is 6.92 Å². The van der Waals surface area contributed by atoms with Gasteiger partial charge in [-0.2, -0.15) is 0 Å². The molecule has 1 N–H and O–H groups in total. The maximum Gasteiger partial charge on any atom is 0.414 e. The molecular formula is C10H7BrFNO3. The fourth-order valence-electron chi connectivity index (χ4n) is 1.79. The van der Waals surface area contributed by atoms with E-state index in [0.29, 0.717) is 10.5 Å². The van der Waals surface area contributed by atoms with Crippen LogP contribution in [0.2, 0.25) is 0 Å². The smallest absolute Gasteiger partial charge is 0.414 e. The first kappa shape index (κ1) is 11.1. The zero-order chi connectivity index (χ0) is 12.0. The summed E-state index contributed by atoms with van der Waals surface area (Å²) in [7, 11) is 0. The van der Waals surface area contributed by atoms with Crippen LogP contribution in [-0.4, -0.2) is 22.0 Å². The molecule has 16 heavy (non-hydrogen) atoms. The highest BCUT2D eigenvalue weighted by molar-refractivity contribution is 9.10. The van der Waals surface area contributed by atoms with E-state index < -0.39 is 23.9 Å². The van der Waals surface area contributed by atoms with Crippen LogP contribution in [0.25, 0.3) is 0 Å². The Morgan fingerprint density at radius 1 is 1.56 bits per heavy atom. The summed E-state index contributed by atoms with van der Waals surface area (Å²) >= 11 is 3.00. The van der Waals surface area contributed by atoms with E-state index in [9.17, 15) is 14.0 Å². The van der Waals surface area contributed by atoms with Crippen LogP contribution in [0.4, 0.5) is 9.18 Å². The minimum Gasteiger partial charge on any atom is -0.465 e. The standard InChI is InChI=1S/C10H7BrFNO3/c1-4-5-2-7(11)8(12)3-6(5)9(14)13(4)10(15)16/h2-4H,1H3,(H,15,16). The normalized spacial score (nSPS) is 18.8. The average Bonchev–Trinajstić information content (AvgIpc) is 2.41. The maximum absolute atomic E-state index is 13.2. The predicted octanol–water partition coefficient (Wildman–Crippen LogP) is 2.78. The Bertz CT molecular complexity index is 503. The second kappa shape index (κ2) is 3.55. The summed E-state index contributed by atoms with van der Waals surface area (Å²) in [4.78, 5) is 23.2. The van der Waals surface area contributed by atoms with E-state index >= 15 is 0 Å². The summed E-state index contributed by atoms with van der Waals surface area (Å²) in [6, 6.07) is 1.91. The van der Waals surface area contributed by atoms with Gasteiger partial charge in [-0.05, 0) is 40.5 Å². The van der Waals surface area contributed by atoms with Crippen molar-refractivity contribution in [2.24, 2.45) is 0 Å². The van der Waals surface area contributed by atoms with Crippen LogP contribution in [0.5, 0.6) is 0 Å². The Balaban J connectivity index is 2.60. The number of halogens is 2. The van der Waals surface area contributed by atoms with Crippen molar-refractivity contribution in [1.29, 1.82) is 0 Å². The van der Waals surface area contributed by atoms with Gasteiger partial charge in [0.15, 0.2) is 0 Å². The highest BCUT2D eigenvalue weighted by Gasteiger charge is 2.38. The van der Waals surface area contributed by atoms with Crippen LogP contribution in [0.15, 0.2) is 16.6 Å². The van der Waals surface area contributed by atoms with Crippen molar-refractivity contribution in [3.05, 3.63) is 33.5 Å². The number of imide groups is 1. The summed E-state index contributed by atoms with van der Waals surface area (Å²) in [6.45, 7) is 1.59. The lowest BCUT2D eigenvalue weighted by Crippen LogP contribution is -2.31. The third kappa shape index (κ3) is 1.41. The molecule has 1 aliphatic rings. The van der Waals surface area contributed by atoms with Crippen molar-refractivity contribution in [1.82, 2.24) is 4.90 Å². The van der Waals surface area contributed by atoms with E-state index in [0.717, 1.165) is 6.07 Å². The summed E-state index contributed by atoms with van der Waals surface area (Å²) in [5, 5.41) is 8.86. The molecule has 84 valence electrons. The zero-order valence-electron chi connectivity index (χ0n) is 8.20. The molecule has 0 radical (unpaired) electrons. The van der Waals surface area contributed by atoms with Crippen LogP contribution in [0.1, 0.15) is 28.9 Å². The molecule has 4 nitrogen and oxygen atoms in total.